The van der Waals surface area contributed by atoms with Crippen LogP contribution >= 0.6 is 0 Å². The molecule has 1 aromatic rings. The summed E-state index contributed by atoms with van der Waals surface area (Å²) in [4.78, 5) is 4.25. The molecule has 5 heteroatoms. The zero-order chi connectivity index (χ0) is 11.8. The third-order valence-corrected chi connectivity index (χ3v) is 5.25. The maximum Gasteiger partial charge on any atom is 0.197 e. The summed E-state index contributed by atoms with van der Waals surface area (Å²) in [6.45, 7) is 4.22. The third kappa shape index (κ3) is 1.88. The highest BCUT2D eigenvalue weighted by Crippen LogP contribution is 2.22. The second kappa shape index (κ2) is 4.20. The van der Waals surface area contributed by atoms with Crippen LogP contribution in [0.5, 0.6) is 0 Å². The van der Waals surface area contributed by atoms with E-state index in [1.165, 1.54) is 6.20 Å². The Morgan fingerprint density at radius 3 is 2.75 bits per heavy atom. The zero-order valence-electron chi connectivity index (χ0n) is 9.81. The molecule has 0 fully saturated rings. The molecule has 0 saturated carbocycles. The van der Waals surface area contributed by atoms with Gasteiger partial charge in [-0.1, -0.05) is 6.42 Å². The monoisotopic (exact) mass is 242 g/mol. The number of sulfone groups is 1. The average Bonchev–Trinajstić information content (AvgIpc) is 2.49. The molecule has 2 rings (SSSR count). The first-order valence-corrected chi connectivity index (χ1v) is 7.36. The van der Waals surface area contributed by atoms with Gasteiger partial charge in [-0.3, -0.25) is 0 Å². The molecule has 0 saturated heterocycles. The van der Waals surface area contributed by atoms with Crippen molar-refractivity contribution < 1.29 is 8.42 Å². The predicted octanol–water partition coefficient (Wildman–Crippen LogP) is 1.79. The van der Waals surface area contributed by atoms with Crippen molar-refractivity contribution in [3.8, 4) is 0 Å². The fourth-order valence-electron chi connectivity index (χ4n) is 2.03. The van der Waals surface area contributed by atoms with Crippen LogP contribution in [0.15, 0.2) is 11.2 Å². The second-order valence-electron chi connectivity index (χ2n) is 4.57. The lowest BCUT2D eigenvalue weighted by Crippen LogP contribution is -2.18. The number of nitrogens with zero attached hydrogens (tertiary/aromatic N) is 2. The lowest BCUT2D eigenvalue weighted by molar-refractivity contribution is 0.552. The van der Waals surface area contributed by atoms with E-state index in [-0.39, 0.29) is 5.25 Å². The van der Waals surface area contributed by atoms with Gasteiger partial charge in [0.05, 0.1) is 11.4 Å². The minimum Gasteiger partial charge on any atom is -0.319 e. The Balaban J connectivity index is 2.48. The summed E-state index contributed by atoms with van der Waals surface area (Å²) in [6.07, 6.45) is 5.73. The van der Waals surface area contributed by atoms with Gasteiger partial charge in [0.1, 0.15) is 5.82 Å². The first kappa shape index (κ1) is 11.6. The van der Waals surface area contributed by atoms with Crippen molar-refractivity contribution in [1.82, 2.24) is 9.55 Å². The normalized spacial score (nSPS) is 17.2. The minimum absolute atomic E-state index is 0.378. The van der Waals surface area contributed by atoms with Crippen LogP contribution in [0.2, 0.25) is 0 Å². The van der Waals surface area contributed by atoms with Gasteiger partial charge in [-0.25, -0.2) is 13.4 Å². The highest BCUT2D eigenvalue weighted by Gasteiger charge is 2.26. The second-order valence-corrected chi connectivity index (χ2v) is 7.02. The van der Waals surface area contributed by atoms with Gasteiger partial charge < -0.3 is 4.57 Å². The van der Waals surface area contributed by atoms with Crippen molar-refractivity contribution in [2.75, 3.05) is 0 Å². The van der Waals surface area contributed by atoms with Crippen LogP contribution in [0.25, 0.3) is 0 Å². The van der Waals surface area contributed by atoms with Crippen molar-refractivity contribution in [2.45, 2.75) is 56.4 Å². The van der Waals surface area contributed by atoms with E-state index < -0.39 is 9.84 Å². The molecule has 0 aromatic carbocycles. The Morgan fingerprint density at radius 2 is 2.06 bits per heavy atom. The maximum atomic E-state index is 12.1. The van der Waals surface area contributed by atoms with Gasteiger partial charge in [-0.2, -0.15) is 0 Å². The molecule has 2 heterocycles. The van der Waals surface area contributed by atoms with Crippen molar-refractivity contribution in [2.24, 2.45) is 0 Å². The van der Waals surface area contributed by atoms with Gasteiger partial charge in [0.2, 0.25) is 0 Å². The van der Waals surface area contributed by atoms with Crippen LogP contribution in [0.1, 0.15) is 38.9 Å². The van der Waals surface area contributed by atoms with E-state index >= 15 is 0 Å². The molecule has 0 radical (unpaired) electrons. The van der Waals surface area contributed by atoms with Crippen molar-refractivity contribution in [3.63, 3.8) is 0 Å². The molecule has 1 aromatic heterocycles. The predicted molar refractivity (Wildman–Crippen MR) is 62.1 cm³/mol. The summed E-state index contributed by atoms with van der Waals surface area (Å²) in [6, 6.07) is 0. The third-order valence-electron chi connectivity index (χ3n) is 3.10. The lowest BCUT2D eigenvalue weighted by atomic mass is 10.2. The van der Waals surface area contributed by atoms with Crippen LogP contribution in [0.3, 0.4) is 0 Å². The standard InChI is InChI=1S/C11H18N2O2S/c1-9(2)16(14,15)11-8-12-10-6-4-3-5-7-13(10)11/h8-9H,3-7H2,1-2H3. The number of hydrogen-bond donors (Lipinski definition) is 0. The van der Waals surface area contributed by atoms with Crippen molar-refractivity contribution in [3.05, 3.63) is 12.0 Å². The number of fused-ring (bicyclic) bond motifs is 1. The molecule has 1 aliphatic heterocycles. The Morgan fingerprint density at radius 1 is 1.31 bits per heavy atom. The number of aromatic nitrogens is 2. The smallest absolute Gasteiger partial charge is 0.197 e. The first-order chi connectivity index (χ1) is 7.53. The highest BCUT2D eigenvalue weighted by atomic mass is 32.2. The topological polar surface area (TPSA) is 52.0 Å². The van der Waals surface area contributed by atoms with Crippen LogP contribution < -0.4 is 0 Å². The number of rotatable bonds is 2. The molecular formula is C11H18N2O2S. The van der Waals surface area contributed by atoms with Crippen LogP contribution in [-0.2, 0) is 22.8 Å². The first-order valence-electron chi connectivity index (χ1n) is 5.82. The summed E-state index contributed by atoms with van der Waals surface area (Å²) < 4.78 is 26.1. The summed E-state index contributed by atoms with van der Waals surface area (Å²) in [7, 11) is -3.19. The van der Waals surface area contributed by atoms with E-state index in [0.717, 1.165) is 38.1 Å². The summed E-state index contributed by atoms with van der Waals surface area (Å²) >= 11 is 0. The van der Waals surface area contributed by atoms with E-state index in [0.29, 0.717) is 5.03 Å². The fraction of sp³-hybridized carbons (Fsp3) is 0.727. The minimum atomic E-state index is -3.19. The van der Waals surface area contributed by atoms with Gasteiger partial charge in [0, 0.05) is 13.0 Å². The molecule has 16 heavy (non-hydrogen) atoms. The van der Waals surface area contributed by atoms with Gasteiger partial charge >= 0.3 is 0 Å². The largest absolute Gasteiger partial charge is 0.319 e. The SMILES string of the molecule is CC(C)S(=O)(=O)c1cnc2n1CCCCC2. The van der Waals surface area contributed by atoms with Gasteiger partial charge in [-0.15, -0.1) is 0 Å². The van der Waals surface area contributed by atoms with E-state index in [1.807, 2.05) is 4.57 Å². The summed E-state index contributed by atoms with van der Waals surface area (Å²) in [5.74, 6) is 0.928. The summed E-state index contributed by atoms with van der Waals surface area (Å²) in [5.41, 5.74) is 0. The Labute approximate surface area is 96.6 Å². The Kier molecular flexibility index (Phi) is 3.06. The van der Waals surface area contributed by atoms with Crippen molar-refractivity contribution in [1.29, 1.82) is 0 Å². The molecular weight excluding hydrogens is 224 g/mol. The lowest BCUT2D eigenvalue weighted by Gasteiger charge is -2.11. The summed E-state index contributed by atoms with van der Waals surface area (Å²) in [5, 5.41) is 0.0240. The molecule has 0 unspecified atom stereocenters. The molecule has 0 N–H and O–H groups in total. The average molecular weight is 242 g/mol. The molecule has 0 amide bonds. The van der Waals surface area contributed by atoms with Crippen LogP contribution in [0, 0.1) is 0 Å². The Bertz CT molecular complexity index is 474. The molecule has 0 spiro atoms. The van der Waals surface area contributed by atoms with Gasteiger partial charge in [0.15, 0.2) is 14.9 Å². The number of imidazole rings is 1. The van der Waals surface area contributed by atoms with Gasteiger partial charge in [0.25, 0.3) is 0 Å². The van der Waals surface area contributed by atoms with Crippen LogP contribution in [0.4, 0.5) is 0 Å². The highest BCUT2D eigenvalue weighted by molar-refractivity contribution is 7.91. The van der Waals surface area contributed by atoms with Gasteiger partial charge in [-0.05, 0) is 26.7 Å². The quantitative estimate of drug-likeness (QED) is 0.794. The van der Waals surface area contributed by atoms with E-state index in [9.17, 15) is 8.42 Å². The molecule has 0 bridgehead atoms. The molecule has 0 aliphatic carbocycles. The Hall–Kier alpha value is -0.840. The van der Waals surface area contributed by atoms with E-state index in [2.05, 4.69) is 4.98 Å². The zero-order valence-corrected chi connectivity index (χ0v) is 10.6. The number of aryl methyl sites for hydroxylation is 1. The van der Waals surface area contributed by atoms with E-state index in [1.54, 1.807) is 13.8 Å². The molecule has 1 aliphatic rings. The maximum absolute atomic E-state index is 12.1. The number of hydrogen-bond acceptors (Lipinski definition) is 3. The molecule has 90 valence electrons. The van der Waals surface area contributed by atoms with Crippen LogP contribution in [-0.4, -0.2) is 23.2 Å². The van der Waals surface area contributed by atoms with E-state index in [4.69, 9.17) is 0 Å². The molecule has 4 nitrogen and oxygen atoms in total. The fourth-order valence-corrected chi connectivity index (χ4v) is 3.22. The van der Waals surface area contributed by atoms with Crippen molar-refractivity contribution >= 4 is 9.84 Å². The molecule has 0 atom stereocenters.